The van der Waals surface area contributed by atoms with Crippen molar-refractivity contribution < 1.29 is 9.53 Å². The number of benzene rings is 1. The van der Waals surface area contributed by atoms with Crippen LogP contribution in [-0.2, 0) is 16.0 Å². The third kappa shape index (κ3) is 4.91. The lowest BCUT2D eigenvalue weighted by atomic mass is 9.95. The predicted octanol–water partition coefficient (Wildman–Crippen LogP) is 3.02. The summed E-state index contributed by atoms with van der Waals surface area (Å²) in [6.45, 7) is 5.55. The van der Waals surface area contributed by atoms with Crippen LogP contribution < -0.4 is 0 Å². The predicted molar refractivity (Wildman–Crippen MR) is 85.2 cm³/mol. The Morgan fingerprint density at radius 1 is 1.36 bits per heavy atom. The zero-order valence-corrected chi connectivity index (χ0v) is 14.4. The molecule has 7 heteroatoms. The second kappa shape index (κ2) is 7.00. The number of carbonyl (C=O) groups is 1. The lowest BCUT2D eigenvalue weighted by Gasteiger charge is -2.21. The molecule has 0 saturated carbocycles. The highest BCUT2D eigenvalue weighted by atomic mass is 79.9. The largest absolute Gasteiger partial charge is 0.460 e. The second-order valence-corrected chi connectivity index (χ2v) is 6.92. The fourth-order valence-electron chi connectivity index (χ4n) is 2.12. The van der Waals surface area contributed by atoms with Gasteiger partial charge in [0, 0.05) is 10.4 Å². The number of rotatable bonds is 5. The number of H-pyrrole nitrogens is 1. The van der Waals surface area contributed by atoms with Crippen molar-refractivity contribution in [3.05, 3.63) is 40.1 Å². The van der Waals surface area contributed by atoms with Crippen LogP contribution in [0.3, 0.4) is 0 Å². The van der Waals surface area contributed by atoms with Crippen molar-refractivity contribution in [2.24, 2.45) is 0 Å². The van der Waals surface area contributed by atoms with Gasteiger partial charge in [0.1, 0.15) is 5.60 Å². The number of aromatic nitrogens is 4. The highest BCUT2D eigenvalue weighted by Gasteiger charge is 2.24. The maximum atomic E-state index is 12.1. The number of nitrogens with one attached hydrogen (secondary N) is 1. The van der Waals surface area contributed by atoms with Gasteiger partial charge in [-0.2, -0.15) is 0 Å². The molecule has 0 bridgehead atoms. The Balaban J connectivity index is 2.14. The smallest absolute Gasteiger partial charge is 0.307 e. The lowest BCUT2D eigenvalue weighted by molar-refractivity contribution is -0.155. The molecule has 0 unspecified atom stereocenters. The van der Waals surface area contributed by atoms with E-state index in [9.17, 15) is 4.79 Å². The summed E-state index contributed by atoms with van der Waals surface area (Å²) in [6.07, 6.45) is 0.854. The van der Waals surface area contributed by atoms with E-state index in [2.05, 4.69) is 36.6 Å². The Hall–Kier alpha value is -1.76. The average Bonchev–Trinajstić information content (AvgIpc) is 2.92. The highest BCUT2D eigenvalue weighted by molar-refractivity contribution is 9.10. The first-order chi connectivity index (χ1) is 10.3. The summed E-state index contributed by atoms with van der Waals surface area (Å²) in [5, 5.41) is 13.9. The SMILES string of the molecule is CC(C)(C)OC(=O)C[C@H](Cc1ccccc1Br)c1nnn[nH]1. The molecule has 1 atom stereocenters. The molecular weight excluding hydrogens is 348 g/mol. The van der Waals surface area contributed by atoms with Gasteiger partial charge in [0.25, 0.3) is 0 Å². The lowest BCUT2D eigenvalue weighted by Crippen LogP contribution is -2.25. The van der Waals surface area contributed by atoms with Crippen molar-refractivity contribution in [3.63, 3.8) is 0 Å². The fraction of sp³-hybridized carbons (Fsp3) is 0.467. The van der Waals surface area contributed by atoms with Crippen molar-refractivity contribution in [3.8, 4) is 0 Å². The molecule has 22 heavy (non-hydrogen) atoms. The van der Waals surface area contributed by atoms with Crippen molar-refractivity contribution in [2.75, 3.05) is 0 Å². The molecule has 2 rings (SSSR count). The molecule has 0 radical (unpaired) electrons. The van der Waals surface area contributed by atoms with Crippen LogP contribution in [0.2, 0.25) is 0 Å². The minimum absolute atomic E-state index is 0.163. The summed E-state index contributed by atoms with van der Waals surface area (Å²) in [6, 6.07) is 7.89. The van der Waals surface area contributed by atoms with E-state index < -0.39 is 5.60 Å². The first-order valence-electron chi connectivity index (χ1n) is 7.04. The molecule has 0 aliphatic rings. The number of esters is 1. The molecule has 1 heterocycles. The maximum absolute atomic E-state index is 12.1. The molecule has 1 N–H and O–H groups in total. The minimum atomic E-state index is -0.505. The van der Waals surface area contributed by atoms with Gasteiger partial charge in [0.2, 0.25) is 0 Å². The van der Waals surface area contributed by atoms with E-state index in [0.717, 1.165) is 10.0 Å². The number of halogens is 1. The van der Waals surface area contributed by atoms with E-state index in [4.69, 9.17) is 4.74 Å². The molecule has 0 fully saturated rings. The van der Waals surface area contributed by atoms with Crippen LogP contribution in [0.4, 0.5) is 0 Å². The summed E-state index contributed by atoms with van der Waals surface area (Å²) >= 11 is 3.53. The number of aromatic amines is 1. The molecule has 0 aliphatic carbocycles. The third-order valence-electron chi connectivity index (χ3n) is 3.01. The van der Waals surface area contributed by atoms with Crippen molar-refractivity contribution in [1.29, 1.82) is 0 Å². The molecule has 0 aliphatic heterocycles. The highest BCUT2D eigenvalue weighted by Crippen LogP contribution is 2.26. The Labute approximate surface area is 137 Å². The summed E-state index contributed by atoms with van der Waals surface area (Å²) < 4.78 is 6.40. The van der Waals surface area contributed by atoms with Crippen LogP contribution in [-0.4, -0.2) is 32.2 Å². The third-order valence-corrected chi connectivity index (χ3v) is 3.78. The van der Waals surface area contributed by atoms with Gasteiger partial charge in [-0.15, -0.1) is 5.10 Å². The van der Waals surface area contributed by atoms with Gasteiger partial charge in [-0.05, 0) is 49.2 Å². The van der Waals surface area contributed by atoms with E-state index in [0.29, 0.717) is 12.2 Å². The van der Waals surface area contributed by atoms with Gasteiger partial charge >= 0.3 is 5.97 Å². The maximum Gasteiger partial charge on any atom is 0.307 e. The van der Waals surface area contributed by atoms with Gasteiger partial charge in [0.15, 0.2) is 5.82 Å². The summed E-state index contributed by atoms with van der Waals surface area (Å²) in [7, 11) is 0. The van der Waals surface area contributed by atoms with Gasteiger partial charge < -0.3 is 4.74 Å². The number of ether oxygens (including phenoxy) is 1. The first kappa shape index (κ1) is 16.6. The number of tetrazole rings is 1. The average molecular weight is 367 g/mol. The quantitative estimate of drug-likeness (QED) is 0.822. The van der Waals surface area contributed by atoms with Crippen LogP contribution in [0.25, 0.3) is 0 Å². The fourth-order valence-corrected chi connectivity index (χ4v) is 2.57. The first-order valence-corrected chi connectivity index (χ1v) is 7.83. The van der Waals surface area contributed by atoms with Crippen LogP contribution in [0.15, 0.2) is 28.7 Å². The molecular formula is C15H19BrN4O2. The Bertz CT molecular complexity index is 623. The number of hydrogen-bond donors (Lipinski definition) is 1. The summed E-state index contributed by atoms with van der Waals surface area (Å²) in [4.78, 5) is 12.1. The van der Waals surface area contributed by atoms with E-state index >= 15 is 0 Å². The molecule has 118 valence electrons. The second-order valence-electron chi connectivity index (χ2n) is 6.07. The Kier molecular flexibility index (Phi) is 5.28. The van der Waals surface area contributed by atoms with E-state index in [1.807, 2.05) is 45.0 Å². The van der Waals surface area contributed by atoms with Crippen LogP contribution >= 0.6 is 15.9 Å². The van der Waals surface area contributed by atoms with Crippen LogP contribution in [0.1, 0.15) is 44.5 Å². The molecule has 2 aromatic rings. The van der Waals surface area contributed by atoms with E-state index in [1.165, 1.54) is 0 Å². The normalized spacial score (nSPS) is 12.9. The number of carbonyl (C=O) groups excluding carboxylic acids is 1. The standard InChI is InChI=1S/C15H19BrN4O2/c1-15(2,3)22-13(21)9-11(14-17-19-20-18-14)8-10-6-4-5-7-12(10)16/h4-7,11H,8-9H2,1-3H3,(H,17,18,19,20)/t11-/m0/s1. The van der Waals surface area contributed by atoms with E-state index in [1.54, 1.807) is 0 Å². The van der Waals surface area contributed by atoms with Gasteiger partial charge in [-0.3, -0.25) is 4.79 Å². The van der Waals surface area contributed by atoms with Gasteiger partial charge in [-0.25, -0.2) is 5.10 Å². The molecule has 1 aromatic carbocycles. The van der Waals surface area contributed by atoms with E-state index in [-0.39, 0.29) is 18.3 Å². The van der Waals surface area contributed by atoms with Crippen molar-refractivity contribution in [1.82, 2.24) is 20.6 Å². The number of nitrogens with zero attached hydrogens (tertiary/aromatic N) is 3. The number of hydrogen-bond acceptors (Lipinski definition) is 5. The Morgan fingerprint density at radius 3 is 2.68 bits per heavy atom. The summed E-state index contributed by atoms with van der Waals surface area (Å²) in [5.74, 6) is 0.158. The van der Waals surface area contributed by atoms with Crippen LogP contribution in [0.5, 0.6) is 0 Å². The van der Waals surface area contributed by atoms with Crippen LogP contribution in [0, 0.1) is 0 Å². The molecule has 6 nitrogen and oxygen atoms in total. The van der Waals surface area contributed by atoms with Gasteiger partial charge in [-0.1, -0.05) is 34.1 Å². The molecule has 0 amide bonds. The van der Waals surface area contributed by atoms with Crippen molar-refractivity contribution in [2.45, 2.75) is 45.1 Å². The van der Waals surface area contributed by atoms with Gasteiger partial charge in [0.05, 0.1) is 6.42 Å². The monoisotopic (exact) mass is 366 g/mol. The molecule has 0 saturated heterocycles. The van der Waals surface area contributed by atoms with Crippen molar-refractivity contribution >= 4 is 21.9 Å². The zero-order valence-electron chi connectivity index (χ0n) is 12.8. The molecule has 0 spiro atoms. The zero-order chi connectivity index (χ0) is 16.2. The topological polar surface area (TPSA) is 80.8 Å². The minimum Gasteiger partial charge on any atom is -0.460 e. The Morgan fingerprint density at radius 2 is 2.09 bits per heavy atom. The summed E-state index contributed by atoms with van der Waals surface area (Å²) in [5.41, 5.74) is 0.585. The molecule has 1 aromatic heterocycles.